The predicted molar refractivity (Wildman–Crippen MR) is 259 cm³/mol. The lowest BCUT2D eigenvalue weighted by molar-refractivity contribution is 0.642. The molecule has 16 rings (SSSR count). The van der Waals surface area contributed by atoms with Crippen LogP contribution in [-0.2, 0) is 19.3 Å². The Morgan fingerprint density at radius 2 is 0.825 bits per heavy atom. The van der Waals surface area contributed by atoms with E-state index in [4.69, 9.17) is 8.83 Å². The van der Waals surface area contributed by atoms with Gasteiger partial charge < -0.3 is 18.0 Å². The summed E-state index contributed by atoms with van der Waals surface area (Å²) in [5.41, 5.74) is 31.6. The van der Waals surface area contributed by atoms with Crippen LogP contribution in [0.4, 0.5) is 0 Å². The highest BCUT2D eigenvalue weighted by atomic mass is 16.3. The maximum Gasteiger partial charge on any atom is 0.253 e. The molecule has 0 bridgehead atoms. The Kier molecular flexibility index (Phi) is 6.08. The molecule has 5 aliphatic heterocycles. The van der Waals surface area contributed by atoms with Crippen LogP contribution in [0.2, 0.25) is 0 Å². The largest absolute Gasteiger partial charge is 0.453 e. The number of benzene rings is 9. The van der Waals surface area contributed by atoms with E-state index in [9.17, 15) is 0 Å². The number of aromatic nitrogens is 2. The van der Waals surface area contributed by atoms with E-state index >= 15 is 0 Å². The fourth-order valence-electron chi connectivity index (χ4n) is 12.7. The van der Waals surface area contributed by atoms with Gasteiger partial charge in [-0.15, -0.1) is 0 Å². The van der Waals surface area contributed by atoms with Crippen LogP contribution < -0.4 is 32.8 Å². The van der Waals surface area contributed by atoms with E-state index < -0.39 is 0 Å². The van der Waals surface area contributed by atoms with Crippen molar-refractivity contribution < 1.29 is 8.83 Å². The maximum atomic E-state index is 7.62. The van der Waals surface area contributed by atoms with Gasteiger partial charge in [0.05, 0.1) is 22.1 Å². The first kappa shape index (κ1) is 33.0. The molecule has 0 atom stereocenters. The van der Waals surface area contributed by atoms with E-state index in [1.54, 1.807) is 0 Å². The van der Waals surface area contributed by atoms with Crippen LogP contribution in [0.15, 0.2) is 179 Å². The van der Waals surface area contributed by atoms with E-state index in [2.05, 4.69) is 179 Å². The molecule has 0 saturated carbocycles. The SMILES string of the molecule is c1ccc(-c2cccc(B(c3cccc(-c4ccccc4)c3)c3c4oc5cccc6c5n5c4c4c7c3oc3cccc8c3n7-c3c(ccc7c3B4c3c(ccc(c3-5)C6)C7)C8)c2)cc1. The lowest BCUT2D eigenvalue weighted by Gasteiger charge is -2.44. The van der Waals surface area contributed by atoms with Crippen molar-refractivity contribution >= 4 is 90.6 Å². The molecule has 0 radical (unpaired) electrons. The summed E-state index contributed by atoms with van der Waals surface area (Å²) >= 11 is 0. The van der Waals surface area contributed by atoms with Gasteiger partial charge in [0.25, 0.3) is 13.4 Å². The van der Waals surface area contributed by atoms with Gasteiger partial charge in [-0.1, -0.05) is 169 Å². The number of para-hydroxylation sites is 2. The van der Waals surface area contributed by atoms with Crippen molar-refractivity contribution in [3.8, 4) is 33.6 Å². The van der Waals surface area contributed by atoms with Gasteiger partial charge in [0, 0.05) is 29.7 Å². The van der Waals surface area contributed by atoms with Crippen LogP contribution in [-0.4, -0.2) is 22.6 Å². The molecule has 63 heavy (non-hydrogen) atoms. The first-order chi connectivity index (χ1) is 31.2. The van der Waals surface area contributed by atoms with E-state index in [-0.39, 0.29) is 13.4 Å². The molecule has 9 aromatic carbocycles. The molecule has 0 unspecified atom stereocenters. The summed E-state index contributed by atoms with van der Waals surface area (Å²) in [5.74, 6) is 0. The molecule has 0 N–H and O–H groups in total. The molecular formula is C57H34B2N2O2. The molecule has 0 amide bonds. The lowest BCUT2D eigenvalue weighted by Crippen LogP contribution is -2.65. The fourth-order valence-corrected chi connectivity index (χ4v) is 12.7. The van der Waals surface area contributed by atoms with Gasteiger partial charge >= 0.3 is 0 Å². The van der Waals surface area contributed by atoms with Crippen LogP contribution in [0.1, 0.15) is 33.4 Å². The van der Waals surface area contributed by atoms with E-state index in [0.717, 1.165) is 47.1 Å². The molecule has 4 nitrogen and oxygen atoms in total. The van der Waals surface area contributed by atoms with E-state index in [0.29, 0.717) is 0 Å². The fraction of sp³-hybridized carbons (Fsp3) is 0.0526. The maximum absolute atomic E-state index is 7.62. The molecule has 2 aromatic heterocycles. The number of rotatable bonds is 5. The Balaban J connectivity index is 1.15. The third-order valence-corrected chi connectivity index (χ3v) is 15.1. The smallest absolute Gasteiger partial charge is 0.253 e. The van der Waals surface area contributed by atoms with Gasteiger partial charge in [0.2, 0.25) is 0 Å². The van der Waals surface area contributed by atoms with Crippen molar-refractivity contribution in [1.82, 2.24) is 9.13 Å². The molecule has 7 heterocycles. The number of hydrogen-bond acceptors (Lipinski definition) is 2. The summed E-state index contributed by atoms with van der Waals surface area (Å²) in [5, 5.41) is 0. The summed E-state index contributed by atoms with van der Waals surface area (Å²) in [7, 11) is 0. The summed E-state index contributed by atoms with van der Waals surface area (Å²) in [4.78, 5) is 0. The minimum absolute atomic E-state index is 0.0600. The molecule has 5 aliphatic rings. The van der Waals surface area contributed by atoms with Crippen molar-refractivity contribution in [3.05, 3.63) is 203 Å². The van der Waals surface area contributed by atoms with Gasteiger partial charge in [0.15, 0.2) is 11.2 Å². The summed E-state index contributed by atoms with van der Waals surface area (Å²) in [6.07, 6.45) is 2.70. The van der Waals surface area contributed by atoms with Crippen molar-refractivity contribution in [2.75, 3.05) is 0 Å². The van der Waals surface area contributed by atoms with Gasteiger partial charge in [0.1, 0.15) is 11.2 Å². The zero-order valence-corrected chi connectivity index (χ0v) is 34.2. The third-order valence-electron chi connectivity index (χ3n) is 15.1. The third kappa shape index (κ3) is 4.10. The number of hydrogen-bond donors (Lipinski definition) is 0. The van der Waals surface area contributed by atoms with Crippen LogP contribution >= 0.6 is 0 Å². The molecule has 6 heteroatoms. The quantitative estimate of drug-likeness (QED) is 0.129. The monoisotopic (exact) mass is 800 g/mol. The van der Waals surface area contributed by atoms with E-state index in [1.165, 1.54) is 116 Å². The van der Waals surface area contributed by atoms with Gasteiger partial charge in [-0.25, -0.2) is 0 Å². The number of nitrogens with zero attached hydrogens (tertiary/aromatic N) is 2. The first-order valence-corrected chi connectivity index (χ1v) is 22.3. The highest BCUT2D eigenvalue weighted by molar-refractivity contribution is 7.03. The molecule has 11 aromatic rings. The highest BCUT2D eigenvalue weighted by Crippen LogP contribution is 2.45. The van der Waals surface area contributed by atoms with Gasteiger partial charge in [-0.2, -0.15) is 0 Å². The van der Waals surface area contributed by atoms with Crippen molar-refractivity contribution in [1.29, 1.82) is 0 Å². The minimum Gasteiger partial charge on any atom is -0.453 e. The van der Waals surface area contributed by atoms with E-state index in [1.807, 2.05) is 0 Å². The highest BCUT2D eigenvalue weighted by Gasteiger charge is 2.49. The van der Waals surface area contributed by atoms with Crippen molar-refractivity contribution in [3.63, 3.8) is 0 Å². The molecule has 0 saturated heterocycles. The molecular weight excluding hydrogens is 766 g/mol. The van der Waals surface area contributed by atoms with Crippen LogP contribution in [0.25, 0.3) is 78.0 Å². The Morgan fingerprint density at radius 3 is 1.33 bits per heavy atom. The van der Waals surface area contributed by atoms with Crippen LogP contribution in [0.5, 0.6) is 0 Å². The Morgan fingerprint density at radius 1 is 0.381 bits per heavy atom. The second-order valence-electron chi connectivity index (χ2n) is 18.3. The second kappa shape index (κ2) is 11.6. The average Bonchev–Trinajstić information content (AvgIpc) is 3.34. The molecule has 290 valence electrons. The van der Waals surface area contributed by atoms with Crippen molar-refractivity contribution in [2.45, 2.75) is 19.3 Å². The van der Waals surface area contributed by atoms with Gasteiger partial charge in [-0.3, -0.25) is 0 Å². The normalized spacial score (nSPS) is 13.8. The Hall–Kier alpha value is -7.69. The Labute approximate surface area is 363 Å². The van der Waals surface area contributed by atoms with Crippen LogP contribution in [0.3, 0.4) is 0 Å². The Bertz CT molecular complexity index is 3710. The average molecular weight is 801 g/mol. The summed E-state index contributed by atoms with van der Waals surface area (Å²) in [6, 6.07) is 62.9. The molecule has 0 aliphatic carbocycles. The second-order valence-corrected chi connectivity index (χ2v) is 18.3. The zero-order chi connectivity index (χ0) is 40.7. The first-order valence-electron chi connectivity index (χ1n) is 22.3. The topological polar surface area (TPSA) is 36.1 Å². The minimum atomic E-state index is -0.265. The summed E-state index contributed by atoms with van der Waals surface area (Å²) in [6.45, 7) is -0.205. The predicted octanol–water partition coefficient (Wildman–Crippen LogP) is 8.90. The van der Waals surface area contributed by atoms with Gasteiger partial charge in [-0.05, 0) is 90.6 Å². The van der Waals surface area contributed by atoms with Crippen LogP contribution in [0, 0.1) is 0 Å². The summed E-state index contributed by atoms with van der Waals surface area (Å²) < 4.78 is 20.5. The lowest BCUT2D eigenvalue weighted by atomic mass is 9.30. The molecule has 0 spiro atoms. The standard InChI is InChI=1S/C57H34B2N2O2/c1-3-11-32(12-4-1)34-15-7-19-42(30-34)58(43-20-8-16-35(31-43)33-13-5-2-6-14-33)49-56-54-48-55-57(49)63-45-22-10-18-39-29-41-26-24-37-27-36-23-25-40-28-38-17-9-21-44(62-56)50(38)60(54)52(40)46(36)59(48)47(37)53(41)61(55)51(39)45/h1-26,30-31H,27-29H2. The zero-order valence-electron chi connectivity index (χ0n) is 34.2. The van der Waals surface area contributed by atoms with Crippen molar-refractivity contribution in [2.24, 2.45) is 0 Å². The molecule has 0 fully saturated rings.